The van der Waals surface area contributed by atoms with Crippen molar-refractivity contribution in [3.8, 4) is 5.75 Å². The molecule has 2 amide bonds. The SMILES string of the molecule is COc1ccc(C(=O)O[C@@H](C)C(=O)Nc2ccc(NC(C)=O)cc2)cc1S(=O)(=O)N1CCCC1. The van der Waals surface area contributed by atoms with Crippen LogP contribution in [0.3, 0.4) is 0 Å². The van der Waals surface area contributed by atoms with Crippen molar-refractivity contribution in [3.05, 3.63) is 48.0 Å². The Labute approximate surface area is 198 Å². The van der Waals surface area contributed by atoms with Gasteiger partial charge in [-0.05, 0) is 62.2 Å². The number of ether oxygens (including phenoxy) is 2. The Morgan fingerprint density at radius 2 is 1.56 bits per heavy atom. The highest BCUT2D eigenvalue weighted by atomic mass is 32.2. The van der Waals surface area contributed by atoms with Gasteiger partial charge in [0.25, 0.3) is 5.91 Å². The summed E-state index contributed by atoms with van der Waals surface area (Å²) in [5, 5.41) is 5.24. The molecule has 1 fully saturated rings. The number of nitrogens with one attached hydrogen (secondary N) is 2. The molecule has 2 N–H and O–H groups in total. The maximum atomic E-state index is 13.0. The molecule has 3 rings (SSSR count). The predicted molar refractivity (Wildman–Crippen MR) is 125 cm³/mol. The van der Waals surface area contributed by atoms with E-state index in [2.05, 4.69) is 10.6 Å². The lowest BCUT2D eigenvalue weighted by Crippen LogP contribution is -2.30. The fourth-order valence-electron chi connectivity index (χ4n) is 3.44. The van der Waals surface area contributed by atoms with E-state index < -0.39 is 28.0 Å². The second kappa shape index (κ2) is 10.7. The van der Waals surface area contributed by atoms with Crippen molar-refractivity contribution in [2.75, 3.05) is 30.8 Å². The first kappa shape index (κ1) is 25.2. The molecule has 2 aromatic rings. The van der Waals surface area contributed by atoms with E-state index in [9.17, 15) is 22.8 Å². The van der Waals surface area contributed by atoms with Crippen molar-refractivity contribution in [2.45, 2.75) is 37.7 Å². The molecular weight excluding hydrogens is 462 g/mol. The molecule has 0 spiro atoms. The fourth-order valence-corrected chi connectivity index (χ4v) is 5.14. The standard InChI is InChI=1S/C23H27N3O7S/c1-15(22(28)25-19-9-7-18(8-10-19)24-16(2)27)33-23(29)17-6-11-20(32-3)21(14-17)34(30,31)26-12-4-5-13-26/h6-11,14-15H,4-5,12-13H2,1-3H3,(H,24,27)(H,25,28)/t15-/m0/s1. The monoisotopic (exact) mass is 489 g/mol. The van der Waals surface area contributed by atoms with Gasteiger partial charge in [-0.1, -0.05) is 0 Å². The molecule has 1 heterocycles. The number of rotatable bonds is 8. The normalized spacial score (nSPS) is 14.8. The van der Waals surface area contributed by atoms with Crippen molar-refractivity contribution in [3.63, 3.8) is 0 Å². The summed E-state index contributed by atoms with van der Waals surface area (Å²) >= 11 is 0. The molecule has 1 aliphatic rings. The first-order chi connectivity index (χ1) is 16.1. The molecule has 1 saturated heterocycles. The summed E-state index contributed by atoms with van der Waals surface area (Å²) in [6, 6.07) is 10.4. The zero-order valence-corrected chi connectivity index (χ0v) is 20.0. The molecule has 0 saturated carbocycles. The summed E-state index contributed by atoms with van der Waals surface area (Å²) in [6.45, 7) is 3.61. The van der Waals surface area contributed by atoms with E-state index in [1.165, 1.54) is 43.5 Å². The van der Waals surface area contributed by atoms with Crippen LogP contribution in [0.5, 0.6) is 5.75 Å². The summed E-state index contributed by atoms with van der Waals surface area (Å²) < 4.78 is 37.8. The van der Waals surface area contributed by atoms with Gasteiger partial charge in [-0.15, -0.1) is 0 Å². The molecule has 0 aliphatic carbocycles. The van der Waals surface area contributed by atoms with Crippen molar-refractivity contribution >= 4 is 39.2 Å². The van der Waals surface area contributed by atoms with Crippen LogP contribution in [0.15, 0.2) is 47.4 Å². The molecular formula is C23H27N3O7S. The van der Waals surface area contributed by atoms with Gasteiger partial charge in [-0.3, -0.25) is 9.59 Å². The maximum Gasteiger partial charge on any atom is 0.338 e. The van der Waals surface area contributed by atoms with Crippen LogP contribution in [0.4, 0.5) is 11.4 Å². The first-order valence-corrected chi connectivity index (χ1v) is 12.1. The lowest BCUT2D eigenvalue weighted by molar-refractivity contribution is -0.123. The van der Waals surface area contributed by atoms with Crippen molar-refractivity contribution in [1.82, 2.24) is 4.31 Å². The first-order valence-electron chi connectivity index (χ1n) is 10.7. The number of hydrogen-bond acceptors (Lipinski definition) is 7. The van der Waals surface area contributed by atoms with Gasteiger partial charge in [-0.2, -0.15) is 4.31 Å². The van der Waals surface area contributed by atoms with E-state index in [1.54, 1.807) is 24.3 Å². The molecule has 0 radical (unpaired) electrons. The van der Waals surface area contributed by atoms with Crippen LogP contribution in [0, 0.1) is 0 Å². The van der Waals surface area contributed by atoms with Crippen LogP contribution in [0.2, 0.25) is 0 Å². The lowest BCUT2D eigenvalue weighted by atomic mass is 10.2. The summed E-state index contributed by atoms with van der Waals surface area (Å²) in [5.74, 6) is -1.51. The minimum atomic E-state index is -3.84. The Morgan fingerprint density at radius 3 is 2.12 bits per heavy atom. The second-order valence-corrected chi connectivity index (χ2v) is 9.68. The molecule has 0 unspecified atom stereocenters. The van der Waals surface area contributed by atoms with Crippen LogP contribution in [-0.4, -0.2) is 56.8 Å². The number of carbonyl (C=O) groups excluding carboxylic acids is 3. The zero-order chi connectivity index (χ0) is 24.9. The number of sulfonamides is 1. The highest BCUT2D eigenvalue weighted by Gasteiger charge is 2.31. The quantitative estimate of drug-likeness (QED) is 0.545. The van der Waals surface area contributed by atoms with E-state index in [1.807, 2.05) is 0 Å². The van der Waals surface area contributed by atoms with Gasteiger partial charge in [0.1, 0.15) is 10.6 Å². The average molecular weight is 490 g/mol. The van der Waals surface area contributed by atoms with Crippen molar-refractivity contribution in [1.29, 1.82) is 0 Å². The second-order valence-electron chi connectivity index (χ2n) is 7.77. The van der Waals surface area contributed by atoms with Crippen LogP contribution in [0.1, 0.15) is 37.0 Å². The summed E-state index contributed by atoms with van der Waals surface area (Å²) in [5.41, 5.74) is 1.01. The Balaban J connectivity index is 1.69. The van der Waals surface area contributed by atoms with Gasteiger partial charge in [-0.25, -0.2) is 13.2 Å². The van der Waals surface area contributed by atoms with E-state index >= 15 is 0 Å². The van der Waals surface area contributed by atoms with Crippen LogP contribution < -0.4 is 15.4 Å². The topological polar surface area (TPSA) is 131 Å². The lowest BCUT2D eigenvalue weighted by Gasteiger charge is -2.18. The Bertz CT molecular complexity index is 1170. The van der Waals surface area contributed by atoms with Gasteiger partial charge >= 0.3 is 5.97 Å². The largest absolute Gasteiger partial charge is 0.495 e. The third-order valence-corrected chi connectivity index (χ3v) is 7.13. The van der Waals surface area contributed by atoms with E-state index in [0.717, 1.165) is 12.8 Å². The van der Waals surface area contributed by atoms with E-state index in [0.29, 0.717) is 24.5 Å². The minimum Gasteiger partial charge on any atom is -0.495 e. The molecule has 0 aromatic heterocycles. The number of nitrogens with zero attached hydrogens (tertiary/aromatic N) is 1. The third-order valence-electron chi connectivity index (χ3n) is 5.21. The van der Waals surface area contributed by atoms with Crippen LogP contribution >= 0.6 is 0 Å². The Morgan fingerprint density at radius 1 is 0.971 bits per heavy atom. The molecule has 34 heavy (non-hydrogen) atoms. The zero-order valence-electron chi connectivity index (χ0n) is 19.2. The number of benzene rings is 2. The molecule has 2 aromatic carbocycles. The summed E-state index contributed by atoms with van der Waals surface area (Å²) in [6.07, 6.45) is 0.390. The van der Waals surface area contributed by atoms with Crippen LogP contribution in [0.25, 0.3) is 0 Å². The Hall–Kier alpha value is -3.44. The van der Waals surface area contributed by atoms with E-state index in [-0.39, 0.29) is 22.1 Å². The van der Waals surface area contributed by atoms with Gasteiger partial charge in [0, 0.05) is 31.4 Å². The summed E-state index contributed by atoms with van der Waals surface area (Å²) in [4.78, 5) is 36.1. The van der Waals surface area contributed by atoms with Gasteiger partial charge in [0.2, 0.25) is 15.9 Å². The molecule has 1 atom stereocenters. The number of esters is 1. The molecule has 0 bridgehead atoms. The maximum absolute atomic E-state index is 13.0. The molecule has 11 heteroatoms. The number of anilines is 2. The molecule has 182 valence electrons. The van der Waals surface area contributed by atoms with Gasteiger partial charge in [0.05, 0.1) is 12.7 Å². The number of carbonyl (C=O) groups is 3. The Kier molecular flexibility index (Phi) is 7.90. The van der Waals surface area contributed by atoms with Crippen molar-refractivity contribution in [2.24, 2.45) is 0 Å². The fraction of sp³-hybridized carbons (Fsp3) is 0.348. The minimum absolute atomic E-state index is 0.0158. The number of methoxy groups -OCH3 is 1. The predicted octanol–water partition coefficient (Wildman–Crippen LogP) is 2.62. The van der Waals surface area contributed by atoms with E-state index in [4.69, 9.17) is 9.47 Å². The summed E-state index contributed by atoms with van der Waals surface area (Å²) in [7, 11) is -2.49. The average Bonchev–Trinajstić information content (AvgIpc) is 3.35. The number of hydrogen-bond donors (Lipinski definition) is 2. The molecule has 1 aliphatic heterocycles. The number of amides is 2. The highest BCUT2D eigenvalue weighted by molar-refractivity contribution is 7.89. The third kappa shape index (κ3) is 5.91. The van der Waals surface area contributed by atoms with Crippen molar-refractivity contribution < 1.29 is 32.3 Å². The smallest absolute Gasteiger partial charge is 0.338 e. The van der Waals surface area contributed by atoms with Crippen LogP contribution in [-0.2, 0) is 24.3 Å². The van der Waals surface area contributed by atoms with Gasteiger partial charge < -0.3 is 20.1 Å². The van der Waals surface area contributed by atoms with Gasteiger partial charge in [0.15, 0.2) is 6.10 Å². The molecule has 10 nitrogen and oxygen atoms in total. The highest BCUT2D eigenvalue weighted by Crippen LogP contribution is 2.30.